The van der Waals surface area contributed by atoms with Gasteiger partial charge in [0.15, 0.2) is 0 Å². The molecule has 0 aliphatic rings. The number of benzene rings is 9. The molecule has 0 saturated carbocycles. The molecule has 0 saturated heterocycles. The van der Waals surface area contributed by atoms with Gasteiger partial charge in [0.05, 0.1) is 0 Å². The van der Waals surface area contributed by atoms with Gasteiger partial charge < -0.3 is 1.43 Å². The standard InChI is InChI=1S/C18H15ClP.2C18H15P.Ru.H/c19-20(16-10-4-1-5-11-16,17-12-6-2-7-13-17)18-14-8-3-9-15-18;2*1-4-10-16(11-5-1)19(17-12-6-2-7-13-17)18-14-8-3-9-15-18;;/h1-15H;2*1-15H;;/q+1;;;;-1. The summed E-state index contributed by atoms with van der Waals surface area (Å²) in [6, 6.07) is 95.8. The van der Waals surface area contributed by atoms with Crippen molar-refractivity contribution in [2.24, 2.45) is 0 Å². The van der Waals surface area contributed by atoms with Crippen molar-refractivity contribution in [3.63, 3.8) is 0 Å². The van der Waals surface area contributed by atoms with Crippen molar-refractivity contribution in [3.8, 4) is 0 Å². The number of halogens is 1. The van der Waals surface area contributed by atoms with E-state index in [4.69, 9.17) is 11.2 Å². The second-order valence-electron chi connectivity index (χ2n) is 13.3. The molecule has 0 spiro atoms. The van der Waals surface area contributed by atoms with Gasteiger partial charge in [-0.15, -0.1) is 0 Å². The van der Waals surface area contributed by atoms with Crippen molar-refractivity contribution >= 4 is 81.4 Å². The SMILES string of the molecule is Cl[P+](c1ccccc1)(c1ccccc1)c1ccccc1.[H-].[Ru].c1ccc(P(c2ccccc2)c2ccccc2)cc1.c1ccc(P(c2ccccc2)c2ccccc2)cc1. The summed E-state index contributed by atoms with van der Waals surface area (Å²) in [6.07, 6.45) is 0. The molecule has 0 heterocycles. The molecule has 0 aromatic heterocycles. The van der Waals surface area contributed by atoms with Crippen LogP contribution in [0.15, 0.2) is 273 Å². The Morgan fingerprint density at radius 2 is 0.373 bits per heavy atom. The van der Waals surface area contributed by atoms with Gasteiger partial charge >= 0.3 is 0 Å². The summed E-state index contributed by atoms with van der Waals surface area (Å²) < 4.78 is 0. The largest absolute Gasteiger partial charge is 1.00 e. The Kier molecular flexibility index (Phi) is 17.1. The topological polar surface area (TPSA) is 0 Å². The van der Waals surface area contributed by atoms with Crippen LogP contribution in [0.3, 0.4) is 0 Å². The van der Waals surface area contributed by atoms with Gasteiger partial charge in [0.1, 0.15) is 27.2 Å². The third kappa shape index (κ3) is 11.7. The molecule has 0 bridgehead atoms. The first-order chi connectivity index (χ1) is 28.7. The quantitative estimate of drug-likeness (QED) is 0.1000. The molecule has 0 fully saturated rings. The fraction of sp³-hybridized carbons (Fsp3) is 0. The average molecular weight is 924 g/mol. The summed E-state index contributed by atoms with van der Waals surface area (Å²) in [7, 11) is -0.892. The monoisotopic (exact) mass is 924 g/mol. The second kappa shape index (κ2) is 23.1. The van der Waals surface area contributed by atoms with Crippen LogP contribution in [0.2, 0.25) is 0 Å². The van der Waals surface area contributed by atoms with Crippen LogP contribution >= 0.6 is 33.7 Å². The van der Waals surface area contributed by atoms with E-state index in [0.29, 0.717) is 0 Å². The van der Waals surface area contributed by atoms with Crippen LogP contribution < -0.4 is 47.7 Å². The second-order valence-corrected chi connectivity index (χ2v) is 22.0. The van der Waals surface area contributed by atoms with Gasteiger partial charge in [0.25, 0.3) is 0 Å². The minimum Gasteiger partial charge on any atom is -1.00 e. The van der Waals surface area contributed by atoms with Crippen LogP contribution in [0.1, 0.15) is 1.43 Å². The summed E-state index contributed by atoms with van der Waals surface area (Å²) in [4.78, 5) is 0. The van der Waals surface area contributed by atoms with Crippen molar-refractivity contribution in [2.45, 2.75) is 0 Å². The number of rotatable bonds is 9. The van der Waals surface area contributed by atoms with E-state index in [9.17, 15) is 0 Å². The Bertz CT molecular complexity index is 2090. The number of hydrogen-bond donors (Lipinski definition) is 0. The summed E-state index contributed by atoms with van der Waals surface area (Å²) in [5.74, 6) is 0. The molecule has 0 amide bonds. The fourth-order valence-electron chi connectivity index (χ4n) is 6.70. The predicted octanol–water partition coefficient (Wildman–Crippen LogP) is 11.1. The van der Waals surface area contributed by atoms with Gasteiger partial charge in [-0.1, -0.05) is 237 Å². The predicted molar refractivity (Wildman–Crippen MR) is 262 cm³/mol. The smallest absolute Gasteiger partial charge is 0.210 e. The van der Waals surface area contributed by atoms with Crippen LogP contribution in [-0.4, -0.2) is 0 Å². The van der Waals surface area contributed by atoms with E-state index in [1.54, 1.807) is 0 Å². The molecule has 0 nitrogen and oxygen atoms in total. The van der Waals surface area contributed by atoms with Gasteiger partial charge in [0.2, 0.25) is 6.62 Å². The van der Waals surface area contributed by atoms with Crippen molar-refractivity contribution in [1.82, 2.24) is 0 Å². The van der Waals surface area contributed by atoms with Gasteiger partial charge in [0, 0.05) is 19.5 Å². The minimum absolute atomic E-state index is 0. The first-order valence-electron chi connectivity index (χ1n) is 19.4. The fourth-order valence-corrected chi connectivity index (χ4v) is 15.0. The Balaban J connectivity index is 0.000000168. The molecule has 292 valence electrons. The third-order valence-corrected chi connectivity index (χ3v) is 19.1. The van der Waals surface area contributed by atoms with Gasteiger partial charge in [-0.25, -0.2) is 0 Å². The maximum atomic E-state index is 7.23. The van der Waals surface area contributed by atoms with E-state index in [2.05, 4.69) is 255 Å². The van der Waals surface area contributed by atoms with Gasteiger partial charge in [-0.3, -0.25) is 0 Å². The molecule has 0 N–H and O–H groups in total. The van der Waals surface area contributed by atoms with Crippen LogP contribution in [0, 0.1) is 0 Å². The molecular weight excluding hydrogens is 878 g/mol. The molecule has 0 aliphatic carbocycles. The first-order valence-corrected chi connectivity index (χ1v) is 24.8. The number of hydrogen-bond acceptors (Lipinski definition) is 0. The van der Waals surface area contributed by atoms with Crippen molar-refractivity contribution in [2.75, 3.05) is 0 Å². The van der Waals surface area contributed by atoms with Gasteiger partial charge in [-0.05, 0) is 84.1 Å². The van der Waals surface area contributed by atoms with Crippen molar-refractivity contribution < 1.29 is 20.9 Å². The van der Waals surface area contributed by atoms with E-state index >= 15 is 0 Å². The van der Waals surface area contributed by atoms with Crippen molar-refractivity contribution in [1.29, 1.82) is 0 Å². The Morgan fingerprint density at radius 3 is 0.525 bits per heavy atom. The van der Waals surface area contributed by atoms with E-state index in [-0.39, 0.29) is 20.9 Å². The van der Waals surface area contributed by atoms with Gasteiger partial charge in [-0.2, -0.15) is 0 Å². The zero-order valence-corrected chi connectivity index (χ0v) is 37.7. The molecule has 9 aromatic rings. The minimum atomic E-state index is -2.05. The van der Waals surface area contributed by atoms with E-state index < -0.39 is 22.5 Å². The van der Waals surface area contributed by atoms with Crippen LogP contribution in [0.4, 0.5) is 0 Å². The molecule has 9 aromatic carbocycles. The molecular formula is C54H46ClP3Ru. The molecule has 59 heavy (non-hydrogen) atoms. The maximum absolute atomic E-state index is 7.23. The summed E-state index contributed by atoms with van der Waals surface area (Å²) in [5.41, 5.74) is 0. The first kappa shape index (κ1) is 43.8. The Morgan fingerprint density at radius 1 is 0.237 bits per heavy atom. The summed E-state index contributed by atoms with van der Waals surface area (Å²) >= 11 is 7.23. The zero-order chi connectivity index (χ0) is 39.7. The molecule has 0 aliphatic heterocycles. The van der Waals surface area contributed by atoms with Crippen LogP contribution in [-0.2, 0) is 19.5 Å². The Labute approximate surface area is 372 Å². The van der Waals surface area contributed by atoms with Crippen LogP contribution in [0.5, 0.6) is 0 Å². The Hall–Kier alpha value is -4.82. The molecule has 5 heteroatoms. The zero-order valence-electron chi connectivity index (χ0n) is 33.6. The van der Waals surface area contributed by atoms with Crippen LogP contribution in [0.25, 0.3) is 0 Å². The third-order valence-electron chi connectivity index (χ3n) is 9.42. The molecule has 0 unspecified atom stereocenters. The maximum Gasteiger partial charge on any atom is 0.210 e. The van der Waals surface area contributed by atoms with E-state index in [1.165, 1.54) is 47.7 Å². The summed E-state index contributed by atoms with van der Waals surface area (Å²) in [5, 5.41) is 12.0. The van der Waals surface area contributed by atoms with E-state index in [0.717, 1.165) is 0 Å². The normalized spacial score (nSPS) is 10.6. The molecule has 0 atom stereocenters. The molecule has 0 radical (unpaired) electrons. The van der Waals surface area contributed by atoms with E-state index in [1.807, 2.05) is 18.2 Å². The van der Waals surface area contributed by atoms with Crippen molar-refractivity contribution in [3.05, 3.63) is 273 Å². The molecule has 9 rings (SSSR count). The average Bonchev–Trinajstić information content (AvgIpc) is 3.32. The summed E-state index contributed by atoms with van der Waals surface area (Å²) in [6.45, 7) is -2.05.